The minimum Gasteiger partial charge on any atom is -0.488 e. The lowest BCUT2D eigenvalue weighted by atomic mass is 10.1. The number of hydrogen-bond acceptors (Lipinski definition) is 5. The molecule has 0 unspecified atom stereocenters. The highest BCUT2D eigenvalue weighted by molar-refractivity contribution is 9.10. The molecular weight excluding hydrogens is 520 g/mol. The number of sulfonamides is 1. The zero-order valence-corrected chi connectivity index (χ0v) is 20.5. The van der Waals surface area contributed by atoms with Crippen LogP contribution >= 0.6 is 15.9 Å². The largest absolute Gasteiger partial charge is 0.488 e. The third-order valence-electron chi connectivity index (χ3n) is 4.72. The van der Waals surface area contributed by atoms with E-state index in [4.69, 9.17) is 4.74 Å². The van der Waals surface area contributed by atoms with Crippen LogP contribution in [-0.2, 0) is 16.6 Å². The summed E-state index contributed by atoms with van der Waals surface area (Å²) in [5.74, 6) is 0.180. The number of para-hydroxylation sites is 1. The van der Waals surface area contributed by atoms with Gasteiger partial charge in [0, 0.05) is 21.9 Å². The minimum absolute atomic E-state index is 0.313. The van der Waals surface area contributed by atoms with Crippen LogP contribution < -0.4 is 14.8 Å². The van der Waals surface area contributed by atoms with E-state index in [-0.39, 0.29) is 0 Å². The molecule has 0 saturated heterocycles. The average molecular weight is 541 g/mol. The van der Waals surface area contributed by atoms with Crippen LogP contribution in [0, 0.1) is 0 Å². The molecule has 1 aromatic heterocycles. The van der Waals surface area contributed by atoms with Gasteiger partial charge in [0.2, 0.25) is 10.0 Å². The van der Waals surface area contributed by atoms with Crippen molar-refractivity contribution >= 4 is 43.2 Å². The van der Waals surface area contributed by atoms with Gasteiger partial charge in [-0.25, -0.2) is 8.42 Å². The molecule has 0 spiro atoms. The number of carbonyl (C=O) groups excluding carboxylic acids is 1. The first-order chi connectivity index (χ1) is 16.3. The van der Waals surface area contributed by atoms with Crippen molar-refractivity contribution in [3.63, 3.8) is 0 Å². The fourth-order valence-corrected chi connectivity index (χ4v) is 4.36. The van der Waals surface area contributed by atoms with Crippen LogP contribution in [0.15, 0.2) is 83.5 Å². The van der Waals surface area contributed by atoms with Crippen LogP contribution in [-0.4, -0.2) is 30.8 Å². The van der Waals surface area contributed by atoms with Crippen molar-refractivity contribution in [2.24, 2.45) is 0 Å². The summed E-state index contributed by atoms with van der Waals surface area (Å²) in [7, 11) is -3.47. The standard InChI is InChI=1S/C24H21BrN4O4S/c1-34(31,32)29-19-12-17(25)11-18(13-19)27-24(30)21-14-26-28-23(21)20-9-5-6-10-22(20)33-15-16-7-3-2-4-8-16/h2-14,29H,15H2,1H3,(H,26,28)(H,27,30). The topological polar surface area (TPSA) is 113 Å². The van der Waals surface area contributed by atoms with E-state index in [1.807, 2.05) is 54.6 Å². The lowest BCUT2D eigenvalue weighted by Gasteiger charge is -2.12. The Morgan fingerprint density at radius 2 is 1.74 bits per heavy atom. The summed E-state index contributed by atoms with van der Waals surface area (Å²) >= 11 is 3.34. The van der Waals surface area contributed by atoms with Crippen molar-refractivity contribution in [3.8, 4) is 17.0 Å². The SMILES string of the molecule is CS(=O)(=O)Nc1cc(Br)cc(NC(=O)c2c[nH]nc2-c2ccccc2OCc2ccccc2)c1. The van der Waals surface area contributed by atoms with Crippen molar-refractivity contribution < 1.29 is 17.9 Å². The molecule has 0 aliphatic heterocycles. The second-order valence-corrected chi connectivity index (χ2v) is 10.1. The van der Waals surface area contributed by atoms with Crippen molar-refractivity contribution in [2.75, 3.05) is 16.3 Å². The first kappa shape index (κ1) is 23.5. The maximum Gasteiger partial charge on any atom is 0.259 e. The molecule has 10 heteroatoms. The molecule has 3 N–H and O–H groups in total. The van der Waals surface area contributed by atoms with Crippen LogP contribution in [0.4, 0.5) is 11.4 Å². The zero-order chi connectivity index (χ0) is 24.1. The molecule has 1 heterocycles. The van der Waals surface area contributed by atoms with E-state index < -0.39 is 15.9 Å². The summed E-state index contributed by atoms with van der Waals surface area (Å²) < 4.78 is 32.2. The molecule has 0 radical (unpaired) electrons. The number of aromatic amines is 1. The number of anilines is 2. The highest BCUT2D eigenvalue weighted by Crippen LogP contribution is 2.32. The van der Waals surface area contributed by atoms with Crippen LogP contribution in [0.2, 0.25) is 0 Å². The molecule has 0 aliphatic rings. The van der Waals surface area contributed by atoms with Gasteiger partial charge in [0.05, 0.1) is 17.5 Å². The Hall–Kier alpha value is -3.63. The van der Waals surface area contributed by atoms with E-state index in [2.05, 4.69) is 36.2 Å². The second kappa shape index (κ2) is 10.1. The van der Waals surface area contributed by atoms with Gasteiger partial charge in [0.15, 0.2) is 0 Å². The van der Waals surface area contributed by atoms with Crippen LogP contribution in [0.3, 0.4) is 0 Å². The van der Waals surface area contributed by atoms with Crippen molar-refractivity contribution in [1.82, 2.24) is 10.2 Å². The molecule has 174 valence electrons. The number of hydrogen-bond donors (Lipinski definition) is 3. The third kappa shape index (κ3) is 6.03. The lowest BCUT2D eigenvalue weighted by molar-refractivity contribution is 0.102. The predicted octanol–water partition coefficient (Wildman–Crippen LogP) is 5.04. The molecule has 0 aliphatic carbocycles. The van der Waals surface area contributed by atoms with E-state index >= 15 is 0 Å². The van der Waals surface area contributed by atoms with Crippen molar-refractivity contribution in [1.29, 1.82) is 0 Å². The predicted molar refractivity (Wildman–Crippen MR) is 135 cm³/mol. The van der Waals surface area contributed by atoms with Gasteiger partial charge < -0.3 is 10.1 Å². The Morgan fingerprint density at radius 1 is 1.03 bits per heavy atom. The molecule has 0 bridgehead atoms. The number of halogens is 1. The van der Waals surface area contributed by atoms with E-state index in [9.17, 15) is 13.2 Å². The summed E-state index contributed by atoms with van der Waals surface area (Å²) in [6.45, 7) is 0.373. The summed E-state index contributed by atoms with van der Waals surface area (Å²) in [5, 5.41) is 9.83. The van der Waals surface area contributed by atoms with E-state index in [1.165, 1.54) is 12.3 Å². The van der Waals surface area contributed by atoms with E-state index in [0.29, 0.717) is 45.0 Å². The molecule has 34 heavy (non-hydrogen) atoms. The number of H-pyrrole nitrogens is 1. The number of nitrogens with one attached hydrogen (secondary N) is 3. The number of benzene rings is 3. The molecule has 8 nitrogen and oxygen atoms in total. The Labute approximate surface area is 205 Å². The number of ether oxygens (including phenoxy) is 1. The summed E-state index contributed by atoms with van der Waals surface area (Å²) in [6.07, 6.45) is 2.56. The molecule has 0 atom stereocenters. The van der Waals surface area contributed by atoms with Gasteiger partial charge >= 0.3 is 0 Å². The van der Waals surface area contributed by atoms with Gasteiger partial charge in [-0.15, -0.1) is 0 Å². The monoisotopic (exact) mass is 540 g/mol. The van der Waals surface area contributed by atoms with Gasteiger partial charge in [0.25, 0.3) is 5.91 Å². The Bertz CT molecular complexity index is 1420. The van der Waals surface area contributed by atoms with E-state index in [0.717, 1.165) is 11.8 Å². The molecular formula is C24H21BrN4O4S. The molecule has 0 saturated carbocycles. The Balaban J connectivity index is 1.57. The molecule has 4 rings (SSSR count). The second-order valence-electron chi connectivity index (χ2n) is 7.47. The lowest BCUT2D eigenvalue weighted by Crippen LogP contribution is -2.14. The average Bonchev–Trinajstić information content (AvgIpc) is 3.27. The maximum absolute atomic E-state index is 13.1. The fraction of sp³-hybridized carbons (Fsp3) is 0.0833. The van der Waals surface area contributed by atoms with Gasteiger partial charge in [-0.1, -0.05) is 58.4 Å². The number of carbonyl (C=O) groups is 1. The van der Waals surface area contributed by atoms with Crippen molar-refractivity contribution in [2.45, 2.75) is 6.61 Å². The van der Waals surface area contributed by atoms with Crippen LogP contribution in [0.1, 0.15) is 15.9 Å². The molecule has 3 aromatic carbocycles. The Kier molecular flexibility index (Phi) is 6.99. The van der Waals surface area contributed by atoms with E-state index in [1.54, 1.807) is 12.1 Å². The number of rotatable bonds is 8. The Morgan fingerprint density at radius 3 is 2.50 bits per heavy atom. The maximum atomic E-state index is 13.1. The van der Waals surface area contributed by atoms with Crippen LogP contribution in [0.5, 0.6) is 5.75 Å². The summed E-state index contributed by atoms with van der Waals surface area (Å²) in [4.78, 5) is 13.1. The highest BCUT2D eigenvalue weighted by atomic mass is 79.9. The first-order valence-corrected chi connectivity index (χ1v) is 12.9. The normalized spacial score (nSPS) is 11.1. The van der Waals surface area contributed by atoms with Gasteiger partial charge in [0.1, 0.15) is 18.1 Å². The third-order valence-corrected chi connectivity index (χ3v) is 5.79. The summed E-state index contributed by atoms with van der Waals surface area (Å²) in [5.41, 5.74) is 3.16. The highest BCUT2D eigenvalue weighted by Gasteiger charge is 2.19. The molecule has 0 fully saturated rings. The van der Waals surface area contributed by atoms with Crippen molar-refractivity contribution in [3.05, 3.63) is 94.6 Å². The fourth-order valence-electron chi connectivity index (χ4n) is 3.33. The van der Waals surface area contributed by atoms with Crippen LogP contribution in [0.25, 0.3) is 11.3 Å². The quantitative estimate of drug-likeness (QED) is 0.289. The first-order valence-electron chi connectivity index (χ1n) is 10.2. The smallest absolute Gasteiger partial charge is 0.259 e. The number of aromatic nitrogens is 2. The minimum atomic E-state index is -3.47. The number of nitrogens with zero attached hydrogens (tertiary/aromatic N) is 1. The zero-order valence-electron chi connectivity index (χ0n) is 18.1. The van der Waals surface area contributed by atoms with Gasteiger partial charge in [-0.05, 0) is 35.9 Å². The van der Waals surface area contributed by atoms with Gasteiger partial charge in [-0.3, -0.25) is 14.6 Å². The van der Waals surface area contributed by atoms with Gasteiger partial charge in [-0.2, -0.15) is 5.10 Å². The number of amides is 1. The molecule has 1 amide bonds. The summed E-state index contributed by atoms with van der Waals surface area (Å²) in [6, 6.07) is 21.9. The molecule has 4 aromatic rings.